The second-order valence-electron chi connectivity index (χ2n) is 5.27. The zero-order valence-corrected chi connectivity index (χ0v) is 15.1. The minimum Gasteiger partial charge on any atom is -0.448 e. The molecule has 2 heterocycles. The molecule has 25 heavy (non-hydrogen) atoms. The summed E-state index contributed by atoms with van der Waals surface area (Å²) in [5.74, 6) is -0.938. The summed E-state index contributed by atoms with van der Waals surface area (Å²) in [5, 5.41) is 7.11. The number of hydrogen-bond acceptors (Lipinski definition) is 6. The first-order valence-electron chi connectivity index (χ1n) is 7.65. The first kappa shape index (κ1) is 17.3. The Bertz CT molecular complexity index is 844. The number of benzene rings is 1. The van der Waals surface area contributed by atoms with E-state index < -0.39 is 12.1 Å². The number of carbonyl (C=O) groups excluding carboxylic acids is 2. The molecule has 1 amide bonds. The molecule has 0 spiro atoms. The van der Waals surface area contributed by atoms with Gasteiger partial charge in [-0.1, -0.05) is 36.4 Å². The molecule has 3 aromatic rings. The summed E-state index contributed by atoms with van der Waals surface area (Å²) < 4.78 is 5.21. The van der Waals surface area contributed by atoms with Crippen LogP contribution in [0.5, 0.6) is 0 Å². The Kier molecular flexibility index (Phi) is 5.57. The van der Waals surface area contributed by atoms with Crippen LogP contribution in [0.25, 0.3) is 9.88 Å². The minimum atomic E-state index is -0.886. The summed E-state index contributed by atoms with van der Waals surface area (Å²) in [6.45, 7) is 1.94. The third kappa shape index (κ3) is 4.52. The van der Waals surface area contributed by atoms with Crippen LogP contribution in [0.3, 0.4) is 0 Å². The largest absolute Gasteiger partial charge is 0.448 e. The van der Waals surface area contributed by atoms with Crippen molar-refractivity contribution in [3.05, 3.63) is 64.5 Å². The molecular formula is C18H16N2O3S2. The van der Waals surface area contributed by atoms with Gasteiger partial charge in [0, 0.05) is 11.9 Å². The van der Waals surface area contributed by atoms with Crippen LogP contribution >= 0.6 is 22.7 Å². The third-order valence-electron chi connectivity index (χ3n) is 3.41. The van der Waals surface area contributed by atoms with E-state index in [0.717, 1.165) is 15.4 Å². The van der Waals surface area contributed by atoms with Crippen LogP contribution in [0.2, 0.25) is 0 Å². The van der Waals surface area contributed by atoms with Gasteiger partial charge in [-0.25, -0.2) is 9.78 Å². The molecular weight excluding hydrogens is 356 g/mol. The normalized spacial score (nSPS) is 11.7. The topological polar surface area (TPSA) is 68.3 Å². The van der Waals surface area contributed by atoms with Crippen LogP contribution in [0.1, 0.15) is 23.0 Å². The quantitative estimate of drug-likeness (QED) is 0.670. The first-order chi connectivity index (χ1) is 12.1. The Morgan fingerprint density at radius 2 is 1.96 bits per heavy atom. The van der Waals surface area contributed by atoms with E-state index in [9.17, 15) is 9.59 Å². The van der Waals surface area contributed by atoms with Crippen molar-refractivity contribution in [1.29, 1.82) is 0 Å². The molecule has 5 nitrogen and oxygen atoms in total. The Morgan fingerprint density at radius 3 is 2.68 bits per heavy atom. The van der Waals surface area contributed by atoms with E-state index in [1.165, 1.54) is 11.3 Å². The van der Waals surface area contributed by atoms with Gasteiger partial charge in [0.1, 0.15) is 5.01 Å². The van der Waals surface area contributed by atoms with Crippen molar-refractivity contribution in [3.8, 4) is 9.88 Å². The van der Waals surface area contributed by atoms with Crippen molar-refractivity contribution in [2.75, 3.05) is 0 Å². The molecule has 2 aromatic heterocycles. The second kappa shape index (κ2) is 8.04. The smallest absolute Gasteiger partial charge is 0.358 e. The number of ether oxygens (including phenoxy) is 1. The molecule has 0 saturated heterocycles. The molecule has 0 aliphatic carbocycles. The van der Waals surface area contributed by atoms with Crippen LogP contribution < -0.4 is 5.32 Å². The number of hydrogen-bond donors (Lipinski definition) is 1. The lowest BCUT2D eigenvalue weighted by atomic mass is 10.2. The van der Waals surface area contributed by atoms with E-state index >= 15 is 0 Å². The zero-order valence-electron chi connectivity index (χ0n) is 13.5. The summed E-state index contributed by atoms with van der Waals surface area (Å²) in [5.41, 5.74) is 1.20. The van der Waals surface area contributed by atoms with Crippen LogP contribution in [-0.4, -0.2) is 23.0 Å². The van der Waals surface area contributed by atoms with E-state index in [2.05, 4.69) is 10.3 Å². The second-order valence-corrected chi connectivity index (χ2v) is 7.07. The van der Waals surface area contributed by atoms with E-state index in [0.29, 0.717) is 6.54 Å². The van der Waals surface area contributed by atoms with Gasteiger partial charge >= 0.3 is 5.97 Å². The molecule has 128 valence electrons. The van der Waals surface area contributed by atoms with E-state index in [1.807, 2.05) is 47.8 Å². The number of amides is 1. The van der Waals surface area contributed by atoms with Gasteiger partial charge < -0.3 is 10.1 Å². The van der Waals surface area contributed by atoms with Crippen molar-refractivity contribution in [2.24, 2.45) is 0 Å². The van der Waals surface area contributed by atoms with E-state index in [1.54, 1.807) is 23.6 Å². The summed E-state index contributed by atoms with van der Waals surface area (Å²) in [6.07, 6.45) is -0.886. The number of aromatic nitrogens is 1. The molecule has 0 radical (unpaired) electrons. The Hall–Kier alpha value is -2.51. The first-order valence-corrected chi connectivity index (χ1v) is 9.41. The summed E-state index contributed by atoms with van der Waals surface area (Å²) in [4.78, 5) is 29.5. The summed E-state index contributed by atoms with van der Waals surface area (Å²) >= 11 is 2.93. The van der Waals surface area contributed by atoms with Gasteiger partial charge in [-0.3, -0.25) is 4.79 Å². The van der Waals surface area contributed by atoms with Crippen LogP contribution in [0.4, 0.5) is 0 Å². The van der Waals surface area contributed by atoms with Crippen LogP contribution in [0.15, 0.2) is 53.2 Å². The number of nitrogens with one attached hydrogen (secondary N) is 1. The highest BCUT2D eigenvalue weighted by molar-refractivity contribution is 7.20. The SMILES string of the molecule is C[C@H](OC(=O)c1csc(-c2cccs2)n1)C(=O)NCc1ccccc1. The fourth-order valence-corrected chi connectivity index (χ4v) is 3.69. The molecule has 0 unspecified atom stereocenters. The van der Waals surface area contributed by atoms with Crippen molar-refractivity contribution in [1.82, 2.24) is 10.3 Å². The maximum Gasteiger partial charge on any atom is 0.358 e. The minimum absolute atomic E-state index is 0.219. The monoisotopic (exact) mass is 372 g/mol. The standard InChI is InChI=1S/C18H16N2O3S2/c1-12(16(21)19-10-13-6-3-2-4-7-13)23-18(22)14-11-25-17(20-14)15-8-5-9-24-15/h2-9,11-12H,10H2,1H3,(H,19,21)/t12-/m0/s1. The summed E-state index contributed by atoms with van der Waals surface area (Å²) in [6, 6.07) is 13.4. The lowest BCUT2D eigenvalue weighted by Crippen LogP contribution is -2.35. The highest BCUT2D eigenvalue weighted by Gasteiger charge is 2.21. The van der Waals surface area contributed by atoms with Gasteiger partial charge in [0.25, 0.3) is 5.91 Å². The number of nitrogens with zero attached hydrogens (tertiary/aromatic N) is 1. The number of esters is 1. The Morgan fingerprint density at radius 1 is 1.16 bits per heavy atom. The number of thiazole rings is 1. The van der Waals surface area contributed by atoms with E-state index in [4.69, 9.17) is 4.74 Å². The van der Waals surface area contributed by atoms with Crippen LogP contribution in [-0.2, 0) is 16.1 Å². The van der Waals surface area contributed by atoms with Gasteiger partial charge in [0.05, 0.1) is 4.88 Å². The average Bonchev–Trinajstić information content (AvgIpc) is 3.31. The fourth-order valence-electron chi connectivity index (χ4n) is 2.08. The number of rotatable bonds is 6. The predicted octanol–water partition coefficient (Wildman–Crippen LogP) is 3.73. The molecule has 0 fully saturated rings. The maximum absolute atomic E-state index is 12.2. The molecule has 0 aliphatic heterocycles. The van der Waals surface area contributed by atoms with Crippen molar-refractivity contribution in [2.45, 2.75) is 19.6 Å². The predicted molar refractivity (Wildman–Crippen MR) is 98.6 cm³/mol. The number of carbonyl (C=O) groups is 2. The van der Waals surface area contributed by atoms with Gasteiger partial charge in [-0.05, 0) is 23.9 Å². The molecule has 3 rings (SSSR count). The van der Waals surface area contributed by atoms with E-state index in [-0.39, 0.29) is 11.6 Å². The average molecular weight is 372 g/mol. The molecule has 1 aromatic carbocycles. The van der Waals surface area contributed by atoms with Gasteiger partial charge in [-0.2, -0.15) is 0 Å². The lowest BCUT2D eigenvalue weighted by Gasteiger charge is -2.12. The molecule has 1 N–H and O–H groups in total. The van der Waals surface area contributed by atoms with Crippen LogP contribution in [0, 0.1) is 0 Å². The third-order valence-corrected chi connectivity index (χ3v) is 5.29. The zero-order chi connectivity index (χ0) is 17.6. The van der Waals surface area contributed by atoms with Gasteiger partial charge in [0.15, 0.2) is 11.8 Å². The molecule has 0 aliphatic rings. The number of thiophene rings is 1. The Balaban J connectivity index is 1.54. The molecule has 1 atom stereocenters. The fraction of sp³-hybridized carbons (Fsp3) is 0.167. The Labute approximate surface area is 153 Å². The van der Waals surface area contributed by atoms with Crippen molar-refractivity contribution < 1.29 is 14.3 Å². The molecule has 7 heteroatoms. The molecule has 0 saturated carbocycles. The van der Waals surface area contributed by atoms with Crippen molar-refractivity contribution >= 4 is 34.6 Å². The maximum atomic E-state index is 12.2. The van der Waals surface area contributed by atoms with Gasteiger partial charge in [0.2, 0.25) is 0 Å². The highest BCUT2D eigenvalue weighted by atomic mass is 32.1. The van der Waals surface area contributed by atoms with Gasteiger partial charge in [-0.15, -0.1) is 22.7 Å². The molecule has 0 bridgehead atoms. The van der Waals surface area contributed by atoms with Crippen molar-refractivity contribution in [3.63, 3.8) is 0 Å². The lowest BCUT2D eigenvalue weighted by molar-refractivity contribution is -0.129. The summed E-state index contributed by atoms with van der Waals surface area (Å²) in [7, 11) is 0. The highest BCUT2D eigenvalue weighted by Crippen LogP contribution is 2.28.